The van der Waals surface area contributed by atoms with Crippen molar-refractivity contribution in [1.82, 2.24) is 0 Å². The first-order valence-electron chi connectivity index (χ1n) is 5.33. The lowest BCUT2D eigenvalue weighted by atomic mass is 10.2. The molecule has 20 heavy (non-hydrogen) atoms. The molecule has 104 valence electrons. The molecule has 0 aliphatic carbocycles. The van der Waals surface area contributed by atoms with E-state index in [2.05, 4.69) is 0 Å². The normalized spacial score (nSPS) is 10.4. The maximum absolute atomic E-state index is 13.4. The Balaban J connectivity index is 2.35. The smallest absolute Gasteiger partial charge is 0.259 e. The summed E-state index contributed by atoms with van der Waals surface area (Å²) in [6, 6.07) is 4.62. The van der Waals surface area contributed by atoms with Gasteiger partial charge in [-0.1, -0.05) is 11.6 Å². The second-order valence-corrected chi connectivity index (χ2v) is 4.30. The number of benzene rings is 2. The molecule has 0 heterocycles. The summed E-state index contributed by atoms with van der Waals surface area (Å²) in [7, 11) is 0. The van der Waals surface area contributed by atoms with Crippen LogP contribution in [0.2, 0.25) is 5.02 Å². The second kappa shape index (κ2) is 5.42. The van der Waals surface area contributed by atoms with Crippen LogP contribution in [0, 0.1) is 17.5 Å². The van der Waals surface area contributed by atoms with Crippen LogP contribution in [0.3, 0.4) is 0 Å². The summed E-state index contributed by atoms with van der Waals surface area (Å²) >= 11 is 5.66. The molecule has 0 aliphatic heterocycles. The summed E-state index contributed by atoms with van der Waals surface area (Å²) in [5, 5.41) is 11.6. The van der Waals surface area contributed by atoms with Gasteiger partial charge in [0.15, 0.2) is 11.6 Å². The highest BCUT2D eigenvalue weighted by Crippen LogP contribution is 2.24. The third-order valence-corrected chi connectivity index (χ3v) is 2.68. The third kappa shape index (κ3) is 2.85. The summed E-state index contributed by atoms with van der Waals surface area (Å²) in [5.74, 6) is -5.23. The fourth-order valence-electron chi connectivity index (χ4n) is 1.53. The molecule has 0 fully saturated rings. The van der Waals surface area contributed by atoms with Gasteiger partial charge in [0.05, 0.1) is 11.3 Å². The van der Waals surface area contributed by atoms with E-state index >= 15 is 0 Å². The topological polar surface area (TPSA) is 49.3 Å². The number of phenols is 1. The number of hydrogen-bond acceptors (Lipinski definition) is 2. The van der Waals surface area contributed by atoms with E-state index in [9.17, 15) is 23.1 Å². The second-order valence-electron chi connectivity index (χ2n) is 3.86. The molecular weight excluding hydrogens is 295 g/mol. The number of carbonyl (C=O) groups is 1. The molecular formula is C13H7ClF3NO2. The van der Waals surface area contributed by atoms with Crippen LogP contribution in [-0.4, -0.2) is 11.0 Å². The Hall–Kier alpha value is -2.21. The molecule has 0 saturated heterocycles. The Kier molecular flexibility index (Phi) is 3.85. The van der Waals surface area contributed by atoms with Crippen LogP contribution in [0.5, 0.6) is 5.75 Å². The van der Waals surface area contributed by atoms with Gasteiger partial charge < -0.3 is 10.4 Å². The average Bonchev–Trinajstić information content (AvgIpc) is 2.38. The first-order valence-corrected chi connectivity index (χ1v) is 5.70. The molecule has 0 radical (unpaired) electrons. The van der Waals surface area contributed by atoms with E-state index in [1.165, 1.54) is 12.1 Å². The molecule has 2 aromatic rings. The molecule has 0 unspecified atom stereocenters. The third-order valence-electron chi connectivity index (χ3n) is 2.44. The SMILES string of the molecule is O=C(Nc1cc(F)cc(F)c1F)c1cc(Cl)ccc1O. The zero-order valence-corrected chi connectivity index (χ0v) is 10.5. The van der Waals surface area contributed by atoms with Crippen molar-refractivity contribution in [2.24, 2.45) is 0 Å². The minimum Gasteiger partial charge on any atom is -0.507 e. The van der Waals surface area contributed by atoms with Crippen molar-refractivity contribution in [3.63, 3.8) is 0 Å². The van der Waals surface area contributed by atoms with Gasteiger partial charge in [0.2, 0.25) is 0 Å². The minimum absolute atomic E-state index is 0.166. The van der Waals surface area contributed by atoms with Crippen LogP contribution in [0.4, 0.5) is 18.9 Å². The molecule has 0 aromatic heterocycles. The van der Waals surface area contributed by atoms with E-state index in [-0.39, 0.29) is 10.6 Å². The molecule has 2 N–H and O–H groups in total. The van der Waals surface area contributed by atoms with E-state index in [0.717, 1.165) is 6.07 Å². The van der Waals surface area contributed by atoms with Gasteiger partial charge in [0.1, 0.15) is 11.6 Å². The molecule has 0 bridgehead atoms. The summed E-state index contributed by atoms with van der Waals surface area (Å²) in [6.07, 6.45) is 0. The molecule has 2 aromatic carbocycles. The molecule has 1 amide bonds. The summed E-state index contributed by atoms with van der Waals surface area (Å²) < 4.78 is 39.4. The quantitative estimate of drug-likeness (QED) is 0.831. The molecule has 0 aliphatic rings. The van der Waals surface area contributed by atoms with Gasteiger partial charge in [-0.15, -0.1) is 0 Å². The van der Waals surface area contributed by atoms with Gasteiger partial charge in [-0.25, -0.2) is 13.2 Å². The number of nitrogens with one attached hydrogen (secondary N) is 1. The van der Waals surface area contributed by atoms with Crippen molar-refractivity contribution >= 4 is 23.2 Å². The van der Waals surface area contributed by atoms with Crippen molar-refractivity contribution < 1.29 is 23.1 Å². The van der Waals surface area contributed by atoms with Crippen LogP contribution in [-0.2, 0) is 0 Å². The highest BCUT2D eigenvalue weighted by atomic mass is 35.5. The molecule has 0 atom stereocenters. The molecule has 0 spiro atoms. The van der Waals surface area contributed by atoms with Gasteiger partial charge in [-0.05, 0) is 18.2 Å². The number of rotatable bonds is 2. The standard InChI is InChI=1S/C13H7ClF3NO2/c14-6-1-2-11(19)8(3-6)13(20)18-10-5-7(15)4-9(16)12(10)17/h1-5,19H,(H,18,20). The predicted octanol–water partition coefficient (Wildman–Crippen LogP) is 3.72. The van der Waals surface area contributed by atoms with E-state index in [1.807, 2.05) is 5.32 Å². The average molecular weight is 302 g/mol. The Labute approximate surface area is 116 Å². The van der Waals surface area contributed by atoms with Gasteiger partial charge in [-0.3, -0.25) is 4.79 Å². The maximum atomic E-state index is 13.4. The number of carbonyl (C=O) groups excluding carboxylic acids is 1. The van der Waals surface area contributed by atoms with Crippen LogP contribution >= 0.6 is 11.6 Å². The Morgan fingerprint density at radius 2 is 1.85 bits per heavy atom. The van der Waals surface area contributed by atoms with Gasteiger partial charge in [-0.2, -0.15) is 0 Å². The molecule has 2 rings (SSSR count). The van der Waals surface area contributed by atoms with Gasteiger partial charge >= 0.3 is 0 Å². The van der Waals surface area contributed by atoms with Gasteiger partial charge in [0.25, 0.3) is 5.91 Å². The molecule has 3 nitrogen and oxygen atoms in total. The monoisotopic (exact) mass is 301 g/mol. The predicted molar refractivity (Wildman–Crippen MR) is 67.4 cm³/mol. The van der Waals surface area contributed by atoms with E-state index in [4.69, 9.17) is 11.6 Å². The van der Waals surface area contributed by atoms with Crippen molar-refractivity contribution in [2.75, 3.05) is 5.32 Å². The number of aromatic hydroxyl groups is 1. The number of amides is 1. The highest BCUT2D eigenvalue weighted by molar-refractivity contribution is 6.31. The van der Waals surface area contributed by atoms with Crippen LogP contribution in [0.1, 0.15) is 10.4 Å². The summed E-state index contributed by atoms with van der Waals surface area (Å²) in [4.78, 5) is 11.8. The Bertz CT molecular complexity index is 692. The number of halogens is 4. The van der Waals surface area contributed by atoms with Crippen molar-refractivity contribution in [3.8, 4) is 5.75 Å². The number of hydrogen-bond donors (Lipinski definition) is 2. The zero-order chi connectivity index (χ0) is 14.9. The fourth-order valence-corrected chi connectivity index (χ4v) is 1.70. The minimum atomic E-state index is -1.43. The maximum Gasteiger partial charge on any atom is 0.259 e. The fraction of sp³-hybridized carbons (Fsp3) is 0. The van der Waals surface area contributed by atoms with Crippen molar-refractivity contribution in [2.45, 2.75) is 0 Å². The van der Waals surface area contributed by atoms with Crippen LogP contribution < -0.4 is 5.32 Å². The summed E-state index contributed by atoms with van der Waals surface area (Å²) in [5.41, 5.74) is -0.923. The Morgan fingerprint density at radius 1 is 1.15 bits per heavy atom. The lowest BCUT2D eigenvalue weighted by Gasteiger charge is -2.08. The lowest BCUT2D eigenvalue weighted by molar-refractivity contribution is 0.102. The van der Waals surface area contributed by atoms with Crippen LogP contribution in [0.25, 0.3) is 0 Å². The largest absolute Gasteiger partial charge is 0.507 e. The molecule has 7 heteroatoms. The van der Waals surface area contributed by atoms with Crippen molar-refractivity contribution in [3.05, 3.63) is 58.4 Å². The van der Waals surface area contributed by atoms with Crippen LogP contribution in [0.15, 0.2) is 30.3 Å². The summed E-state index contributed by atoms with van der Waals surface area (Å²) in [6.45, 7) is 0. The Morgan fingerprint density at radius 3 is 2.55 bits per heavy atom. The zero-order valence-electron chi connectivity index (χ0n) is 9.75. The van der Waals surface area contributed by atoms with Gasteiger partial charge in [0, 0.05) is 17.2 Å². The first-order chi connectivity index (χ1) is 9.38. The van der Waals surface area contributed by atoms with E-state index in [1.54, 1.807) is 0 Å². The number of anilines is 1. The molecule has 0 saturated carbocycles. The number of phenolic OH excluding ortho intramolecular Hbond substituents is 1. The highest BCUT2D eigenvalue weighted by Gasteiger charge is 2.17. The van der Waals surface area contributed by atoms with E-state index in [0.29, 0.717) is 12.1 Å². The van der Waals surface area contributed by atoms with E-state index < -0.39 is 34.8 Å². The first kappa shape index (κ1) is 14.2. The lowest BCUT2D eigenvalue weighted by Crippen LogP contribution is -2.14. The van der Waals surface area contributed by atoms with Crippen molar-refractivity contribution in [1.29, 1.82) is 0 Å².